The van der Waals surface area contributed by atoms with E-state index >= 15 is 0 Å². The van der Waals surface area contributed by atoms with Crippen LogP contribution >= 0.6 is 0 Å². The summed E-state index contributed by atoms with van der Waals surface area (Å²) in [6.45, 7) is 3.50. The Bertz CT molecular complexity index is 900. The Balaban J connectivity index is 1.78. The van der Waals surface area contributed by atoms with Crippen LogP contribution in [0, 0.1) is 18.6 Å². The summed E-state index contributed by atoms with van der Waals surface area (Å²) in [5.74, 6) is -0.117. The van der Waals surface area contributed by atoms with Gasteiger partial charge in [-0.1, -0.05) is 6.07 Å². The van der Waals surface area contributed by atoms with Crippen molar-refractivity contribution >= 4 is 11.0 Å². The van der Waals surface area contributed by atoms with Gasteiger partial charge in [0.05, 0.1) is 23.7 Å². The highest BCUT2D eigenvalue weighted by Crippen LogP contribution is 2.24. The summed E-state index contributed by atoms with van der Waals surface area (Å²) in [4.78, 5) is 4.65. The zero-order chi connectivity index (χ0) is 16.7. The third-order valence-electron chi connectivity index (χ3n) is 4.52. The molecule has 4 rings (SSSR count). The van der Waals surface area contributed by atoms with Crippen LogP contribution in [0.5, 0.6) is 0 Å². The van der Waals surface area contributed by atoms with Crippen LogP contribution in [-0.4, -0.2) is 22.3 Å². The third-order valence-corrected chi connectivity index (χ3v) is 4.52. The Hall–Kier alpha value is -2.27. The molecule has 1 saturated heterocycles. The molecule has 1 aliphatic heterocycles. The van der Waals surface area contributed by atoms with Gasteiger partial charge in [-0.2, -0.15) is 0 Å². The first-order valence-electron chi connectivity index (χ1n) is 8.11. The predicted octanol–water partition coefficient (Wildman–Crippen LogP) is 4.00. The van der Waals surface area contributed by atoms with E-state index < -0.39 is 11.6 Å². The first kappa shape index (κ1) is 15.3. The summed E-state index contributed by atoms with van der Waals surface area (Å²) >= 11 is 0. The number of aryl methyl sites for hydroxylation is 1. The van der Waals surface area contributed by atoms with Gasteiger partial charge < -0.3 is 9.30 Å². The number of nitrogens with zero attached hydrogens (tertiary/aromatic N) is 2. The van der Waals surface area contributed by atoms with Crippen LogP contribution in [0.25, 0.3) is 11.0 Å². The van der Waals surface area contributed by atoms with Gasteiger partial charge >= 0.3 is 0 Å². The van der Waals surface area contributed by atoms with Crippen molar-refractivity contribution in [2.75, 3.05) is 6.61 Å². The van der Waals surface area contributed by atoms with Crippen molar-refractivity contribution in [1.82, 2.24) is 9.55 Å². The highest BCUT2D eigenvalue weighted by molar-refractivity contribution is 5.77. The standard InChI is InChI=1S/C19H18F2N2O/c1-12-2-5-17-18(8-12)23(11-15-6-7-24-15)19(22-17)10-13-9-14(20)3-4-16(13)21/h2-5,8-9,15H,6-7,10-11H2,1H3. The number of ether oxygens (including phenoxy) is 1. The van der Waals surface area contributed by atoms with Gasteiger partial charge in [0, 0.05) is 13.0 Å². The van der Waals surface area contributed by atoms with E-state index in [9.17, 15) is 8.78 Å². The fraction of sp³-hybridized carbons (Fsp3) is 0.316. The van der Waals surface area contributed by atoms with E-state index in [-0.39, 0.29) is 12.5 Å². The van der Waals surface area contributed by atoms with Crippen molar-refractivity contribution in [2.24, 2.45) is 0 Å². The van der Waals surface area contributed by atoms with E-state index in [2.05, 4.69) is 15.6 Å². The van der Waals surface area contributed by atoms with E-state index in [1.807, 2.05) is 19.1 Å². The predicted molar refractivity (Wildman–Crippen MR) is 88.0 cm³/mol. The normalized spacial score (nSPS) is 17.2. The maximum atomic E-state index is 14.0. The summed E-state index contributed by atoms with van der Waals surface area (Å²) in [7, 11) is 0. The number of imidazole rings is 1. The molecule has 1 unspecified atom stereocenters. The number of aromatic nitrogens is 2. The second-order valence-corrected chi connectivity index (χ2v) is 6.32. The largest absolute Gasteiger partial charge is 0.376 e. The fourth-order valence-electron chi connectivity index (χ4n) is 3.10. The number of hydrogen-bond acceptors (Lipinski definition) is 2. The van der Waals surface area contributed by atoms with Gasteiger partial charge in [0.25, 0.3) is 0 Å². The monoisotopic (exact) mass is 328 g/mol. The minimum atomic E-state index is -0.438. The van der Waals surface area contributed by atoms with Gasteiger partial charge in [-0.3, -0.25) is 0 Å². The molecule has 2 aromatic carbocycles. The van der Waals surface area contributed by atoms with Gasteiger partial charge in [-0.25, -0.2) is 13.8 Å². The number of rotatable bonds is 4. The topological polar surface area (TPSA) is 27.1 Å². The molecule has 24 heavy (non-hydrogen) atoms. The zero-order valence-electron chi connectivity index (χ0n) is 13.4. The van der Waals surface area contributed by atoms with Crippen molar-refractivity contribution in [2.45, 2.75) is 32.4 Å². The summed E-state index contributed by atoms with van der Waals surface area (Å²) in [5, 5.41) is 0. The summed E-state index contributed by atoms with van der Waals surface area (Å²) < 4.78 is 35.1. The smallest absolute Gasteiger partial charge is 0.127 e. The van der Waals surface area contributed by atoms with Crippen molar-refractivity contribution in [3.05, 3.63) is 65.0 Å². The van der Waals surface area contributed by atoms with E-state index in [4.69, 9.17) is 4.74 Å². The van der Waals surface area contributed by atoms with Crippen LogP contribution in [0.3, 0.4) is 0 Å². The number of fused-ring (bicyclic) bond motifs is 1. The summed E-state index contributed by atoms with van der Waals surface area (Å²) in [6, 6.07) is 9.58. The lowest BCUT2D eigenvalue weighted by Gasteiger charge is -2.27. The van der Waals surface area contributed by atoms with Crippen LogP contribution in [0.15, 0.2) is 36.4 Å². The molecular weight excluding hydrogens is 310 g/mol. The van der Waals surface area contributed by atoms with Gasteiger partial charge in [-0.05, 0) is 54.8 Å². The fourth-order valence-corrected chi connectivity index (χ4v) is 3.10. The average molecular weight is 328 g/mol. The van der Waals surface area contributed by atoms with Crippen LogP contribution in [0.1, 0.15) is 23.4 Å². The Morgan fingerprint density at radius 3 is 2.79 bits per heavy atom. The van der Waals surface area contributed by atoms with Crippen molar-refractivity contribution in [3.63, 3.8) is 0 Å². The van der Waals surface area contributed by atoms with E-state index in [1.54, 1.807) is 0 Å². The second kappa shape index (κ2) is 5.98. The van der Waals surface area contributed by atoms with Gasteiger partial charge in [-0.15, -0.1) is 0 Å². The molecule has 5 heteroatoms. The molecule has 3 nitrogen and oxygen atoms in total. The molecule has 0 amide bonds. The van der Waals surface area contributed by atoms with Gasteiger partial charge in [0.1, 0.15) is 17.5 Å². The SMILES string of the molecule is Cc1ccc2nc(Cc3cc(F)ccc3F)n(CC3CCO3)c2c1. The average Bonchev–Trinajstić information content (AvgIpc) is 2.83. The summed E-state index contributed by atoms with van der Waals surface area (Å²) in [5.41, 5.74) is 3.34. The third kappa shape index (κ3) is 2.80. The number of benzene rings is 2. The molecule has 0 saturated carbocycles. The Morgan fingerprint density at radius 2 is 2.04 bits per heavy atom. The molecular formula is C19H18F2N2O. The Labute approximate surface area is 138 Å². The lowest BCUT2D eigenvalue weighted by Crippen LogP contribution is -2.31. The molecule has 0 radical (unpaired) electrons. The first-order chi connectivity index (χ1) is 11.6. The summed E-state index contributed by atoms with van der Waals surface area (Å²) in [6.07, 6.45) is 1.43. The van der Waals surface area contributed by atoms with E-state index in [1.165, 1.54) is 6.07 Å². The molecule has 2 heterocycles. The highest BCUT2D eigenvalue weighted by Gasteiger charge is 2.22. The molecule has 1 aromatic heterocycles. The van der Waals surface area contributed by atoms with Gasteiger partial charge in [0.2, 0.25) is 0 Å². The minimum Gasteiger partial charge on any atom is -0.376 e. The molecule has 3 aromatic rings. The van der Waals surface area contributed by atoms with Crippen LogP contribution < -0.4 is 0 Å². The van der Waals surface area contributed by atoms with Crippen LogP contribution in [0.2, 0.25) is 0 Å². The van der Waals surface area contributed by atoms with E-state index in [0.29, 0.717) is 12.1 Å². The molecule has 124 valence electrons. The highest BCUT2D eigenvalue weighted by atomic mass is 19.1. The first-order valence-corrected chi connectivity index (χ1v) is 8.11. The Kier molecular flexibility index (Phi) is 3.81. The van der Waals surface area contributed by atoms with E-state index in [0.717, 1.165) is 47.6 Å². The number of hydrogen-bond donors (Lipinski definition) is 0. The Morgan fingerprint density at radius 1 is 1.21 bits per heavy atom. The zero-order valence-corrected chi connectivity index (χ0v) is 13.4. The lowest BCUT2D eigenvalue weighted by atomic mass is 10.1. The second-order valence-electron chi connectivity index (χ2n) is 6.32. The molecule has 0 aliphatic carbocycles. The van der Waals surface area contributed by atoms with Crippen molar-refractivity contribution < 1.29 is 13.5 Å². The minimum absolute atomic E-state index is 0.166. The van der Waals surface area contributed by atoms with Crippen molar-refractivity contribution in [3.8, 4) is 0 Å². The molecule has 0 spiro atoms. The van der Waals surface area contributed by atoms with Gasteiger partial charge in [0.15, 0.2) is 0 Å². The van der Waals surface area contributed by atoms with Crippen LogP contribution in [-0.2, 0) is 17.7 Å². The molecule has 1 fully saturated rings. The lowest BCUT2D eigenvalue weighted by molar-refractivity contribution is -0.0589. The number of halogens is 2. The maximum Gasteiger partial charge on any atom is 0.127 e. The molecule has 0 bridgehead atoms. The molecule has 1 aliphatic rings. The molecule has 1 atom stereocenters. The van der Waals surface area contributed by atoms with Crippen molar-refractivity contribution in [1.29, 1.82) is 0 Å². The van der Waals surface area contributed by atoms with Crippen LogP contribution in [0.4, 0.5) is 8.78 Å². The maximum absolute atomic E-state index is 14.0. The molecule has 0 N–H and O–H groups in total. The quantitative estimate of drug-likeness (QED) is 0.724.